The van der Waals surface area contributed by atoms with Crippen LogP contribution in [0.3, 0.4) is 0 Å². The molecule has 0 spiro atoms. The molecular weight excluding hydrogens is 292 g/mol. The van der Waals surface area contributed by atoms with Crippen molar-refractivity contribution in [3.05, 3.63) is 35.4 Å². The number of benzene rings is 1. The van der Waals surface area contributed by atoms with E-state index in [4.69, 9.17) is 4.74 Å². The monoisotopic (exact) mass is 314 g/mol. The first-order chi connectivity index (χ1) is 10.8. The maximum absolute atomic E-state index is 12.1. The second-order valence-electron chi connectivity index (χ2n) is 6.96. The van der Waals surface area contributed by atoms with E-state index in [1.165, 1.54) is 5.57 Å². The van der Waals surface area contributed by atoms with Gasteiger partial charge in [0.2, 0.25) is 5.91 Å². The van der Waals surface area contributed by atoms with Crippen LogP contribution in [0, 0.1) is 0 Å². The minimum absolute atomic E-state index is 0.0410. The maximum atomic E-state index is 12.1. The number of hydrogen-bond acceptors (Lipinski definition) is 3. The number of rotatable bonds is 1. The van der Waals surface area contributed by atoms with Crippen molar-refractivity contribution in [2.45, 2.75) is 39.2 Å². The van der Waals surface area contributed by atoms with Gasteiger partial charge >= 0.3 is 6.09 Å². The van der Waals surface area contributed by atoms with Crippen LogP contribution in [0.25, 0.3) is 5.57 Å². The normalized spacial score (nSPS) is 17.4. The summed E-state index contributed by atoms with van der Waals surface area (Å²) >= 11 is 0. The van der Waals surface area contributed by atoms with Crippen LogP contribution in [0.2, 0.25) is 0 Å². The molecule has 0 radical (unpaired) electrons. The Balaban J connectivity index is 1.75. The molecule has 0 unspecified atom stereocenters. The van der Waals surface area contributed by atoms with Gasteiger partial charge in [-0.1, -0.05) is 18.2 Å². The number of anilines is 1. The summed E-state index contributed by atoms with van der Waals surface area (Å²) in [6, 6.07) is 5.94. The molecule has 1 aromatic rings. The molecule has 2 aliphatic rings. The quantitative estimate of drug-likeness (QED) is 0.866. The summed E-state index contributed by atoms with van der Waals surface area (Å²) in [4.78, 5) is 25.4. The average molecular weight is 314 g/mol. The maximum Gasteiger partial charge on any atom is 0.410 e. The van der Waals surface area contributed by atoms with Gasteiger partial charge in [0.1, 0.15) is 5.60 Å². The summed E-state index contributed by atoms with van der Waals surface area (Å²) in [5.41, 5.74) is 3.80. The van der Waals surface area contributed by atoms with Crippen LogP contribution in [-0.4, -0.2) is 35.6 Å². The van der Waals surface area contributed by atoms with Gasteiger partial charge in [0.05, 0.1) is 6.42 Å². The second-order valence-corrected chi connectivity index (χ2v) is 6.96. The van der Waals surface area contributed by atoms with E-state index in [1.807, 2.05) is 39.0 Å². The van der Waals surface area contributed by atoms with Gasteiger partial charge in [-0.05, 0) is 50.0 Å². The van der Waals surface area contributed by atoms with Crippen LogP contribution in [0.4, 0.5) is 10.5 Å². The van der Waals surface area contributed by atoms with Gasteiger partial charge in [0, 0.05) is 18.8 Å². The van der Waals surface area contributed by atoms with Crippen LogP contribution in [0.15, 0.2) is 24.3 Å². The van der Waals surface area contributed by atoms with Crippen LogP contribution >= 0.6 is 0 Å². The number of ether oxygens (including phenoxy) is 1. The summed E-state index contributed by atoms with van der Waals surface area (Å²) in [6.45, 7) is 6.77. The number of nitrogens with zero attached hydrogens (tertiary/aromatic N) is 1. The first-order valence-electron chi connectivity index (χ1n) is 7.92. The van der Waals surface area contributed by atoms with Crippen LogP contribution in [0.5, 0.6) is 0 Å². The Morgan fingerprint density at radius 1 is 1.30 bits per heavy atom. The fraction of sp³-hybridized carbons (Fsp3) is 0.444. The molecule has 0 fully saturated rings. The molecule has 0 saturated carbocycles. The van der Waals surface area contributed by atoms with Crippen molar-refractivity contribution >= 4 is 23.3 Å². The van der Waals surface area contributed by atoms with E-state index in [9.17, 15) is 9.59 Å². The summed E-state index contributed by atoms with van der Waals surface area (Å²) < 4.78 is 5.41. The molecule has 2 amide bonds. The second kappa shape index (κ2) is 5.72. The highest BCUT2D eigenvalue weighted by molar-refractivity contribution is 6.01. The van der Waals surface area contributed by atoms with Crippen LogP contribution in [0.1, 0.15) is 38.3 Å². The SMILES string of the molecule is CC(C)(C)OC(=O)N1CC=C(c2cccc3c2CC(=O)N3)CC1. The van der Waals surface area contributed by atoms with Gasteiger partial charge in [0.25, 0.3) is 0 Å². The van der Waals surface area contributed by atoms with Crippen LogP contribution < -0.4 is 5.32 Å². The van der Waals surface area contributed by atoms with Gasteiger partial charge in [-0.3, -0.25) is 4.79 Å². The Hall–Kier alpha value is -2.30. The zero-order valence-electron chi connectivity index (χ0n) is 13.8. The molecule has 3 rings (SSSR count). The van der Waals surface area contributed by atoms with E-state index in [2.05, 4.69) is 11.4 Å². The summed E-state index contributed by atoms with van der Waals surface area (Å²) in [6.07, 6.45) is 2.98. The van der Waals surface area contributed by atoms with Crippen LogP contribution in [-0.2, 0) is 16.0 Å². The predicted molar refractivity (Wildman–Crippen MR) is 89.2 cm³/mol. The standard InChI is InChI=1S/C18H22N2O3/c1-18(2,3)23-17(22)20-9-7-12(8-10-20)13-5-4-6-15-14(13)11-16(21)19-15/h4-7H,8-11H2,1-3H3,(H,19,21). The Morgan fingerprint density at radius 3 is 2.74 bits per heavy atom. The highest BCUT2D eigenvalue weighted by Crippen LogP contribution is 2.33. The Labute approximate surface area is 136 Å². The molecule has 0 bridgehead atoms. The third kappa shape index (κ3) is 3.38. The first kappa shape index (κ1) is 15.6. The molecule has 1 aromatic carbocycles. The lowest BCUT2D eigenvalue weighted by atomic mass is 9.93. The van der Waals surface area contributed by atoms with Crippen molar-refractivity contribution in [3.63, 3.8) is 0 Å². The minimum atomic E-state index is -0.479. The Kier molecular flexibility index (Phi) is 3.88. The van der Waals surface area contributed by atoms with E-state index < -0.39 is 5.60 Å². The number of carbonyl (C=O) groups is 2. The number of amides is 2. The largest absolute Gasteiger partial charge is 0.444 e. The minimum Gasteiger partial charge on any atom is -0.444 e. The van der Waals surface area contributed by atoms with Gasteiger partial charge in [-0.2, -0.15) is 0 Å². The number of fused-ring (bicyclic) bond motifs is 1. The van der Waals surface area contributed by atoms with Gasteiger partial charge in [0.15, 0.2) is 0 Å². The fourth-order valence-electron chi connectivity index (χ4n) is 2.96. The van der Waals surface area contributed by atoms with E-state index in [0.29, 0.717) is 19.5 Å². The van der Waals surface area contributed by atoms with E-state index in [1.54, 1.807) is 4.90 Å². The lowest BCUT2D eigenvalue weighted by Crippen LogP contribution is -2.39. The third-order valence-electron chi connectivity index (χ3n) is 3.99. The highest BCUT2D eigenvalue weighted by atomic mass is 16.6. The molecule has 1 N–H and O–H groups in total. The first-order valence-corrected chi connectivity index (χ1v) is 7.92. The number of carbonyl (C=O) groups excluding carboxylic acids is 2. The van der Waals surface area contributed by atoms with Crippen molar-refractivity contribution in [2.75, 3.05) is 18.4 Å². The topological polar surface area (TPSA) is 58.6 Å². The summed E-state index contributed by atoms with van der Waals surface area (Å²) in [5.74, 6) is 0.0410. The summed E-state index contributed by atoms with van der Waals surface area (Å²) in [5, 5.41) is 2.88. The number of hydrogen-bond donors (Lipinski definition) is 1. The summed E-state index contributed by atoms with van der Waals surface area (Å²) in [7, 11) is 0. The molecule has 122 valence electrons. The molecule has 5 nitrogen and oxygen atoms in total. The van der Waals surface area contributed by atoms with E-state index >= 15 is 0 Å². The molecule has 0 aromatic heterocycles. The zero-order chi connectivity index (χ0) is 16.6. The lowest BCUT2D eigenvalue weighted by Gasteiger charge is -2.30. The van der Waals surface area contributed by atoms with Gasteiger partial charge in [-0.25, -0.2) is 4.79 Å². The Bertz CT molecular complexity index is 686. The van der Waals surface area contributed by atoms with Crippen molar-refractivity contribution in [2.24, 2.45) is 0 Å². The smallest absolute Gasteiger partial charge is 0.410 e. The fourth-order valence-corrected chi connectivity index (χ4v) is 2.96. The lowest BCUT2D eigenvalue weighted by molar-refractivity contribution is -0.115. The average Bonchev–Trinajstić information content (AvgIpc) is 2.85. The van der Waals surface area contributed by atoms with Crippen molar-refractivity contribution in [3.8, 4) is 0 Å². The molecule has 0 aliphatic carbocycles. The Morgan fingerprint density at radius 2 is 2.09 bits per heavy atom. The van der Waals surface area contributed by atoms with Gasteiger partial charge < -0.3 is 15.0 Å². The van der Waals surface area contributed by atoms with E-state index in [-0.39, 0.29) is 12.0 Å². The predicted octanol–water partition coefficient (Wildman–Crippen LogP) is 3.21. The number of nitrogens with one attached hydrogen (secondary N) is 1. The van der Waals surface area contributed by atoms with Crippen molar-refractivity contribution in [1.82, 2.24) is 4.90 Å². The van der Waals surface area contributed by atoms with Crippen molar-refractivity contribution in [1.29, 1.82) is 0 Å². The third-order valence-corrected chi connectivity index (χ3v) is 3.99. The molecule has 0 atom stereocenters. The molecule has 2 aliphatic heterocycles. The molecule has 2 heterocycles. The van der Waals surface area contributed by atoms with E-state index in [0.717, 1.165) is 23.2 Å². The molecule has 5 heteroatoms. The molecule has 23 heavy (non-hydrogen) atoms. The zero-order valence-corrected chi connectivity index (χ0v) is 13.8. The molecular formula is C18H22N2O3. The van der Waals surface area contributed by atoms with Crippen molar-refractivity contribution < 1.29 is 14.3 Å². The van der Waals surface area contributed by atoms with Gasteiger partial charge in [-0.15, -0.1) is 0 Å². The molecule has 0 saturated heterocycles. The highest BCUT2D eigenvalue weighted by Gasteiger charge is 2.26.